The first-order valence-electron chi connectivity index (χ1n) is 3.87. The van der Waals surface area contributed by atoms with E-state index in [9.17, 15) is 0 Å². The molecule has 0 aliphatic rings. The van der Waals surface area contributed by atoms with Crippen molar-refractivity contribution >= 4 is 5.69 Å². The van der Waals surface area contributed by atoms with E-state index in [4.69, 9.17) is 6.42 Å². The molecular formula is C9H13N3. The van der Waals surface area contributed by atoms with Crippen LogP contribution in [0.2, 0.25) is 0 Å². The van der Waals surface area contributed by atoms with Gasteiger partial charge in [0.25, 0.3) is 0 Å². The first kappa shape index (κ1) is 8.66. The van der Waals surface area contributed by atoms with Crippen LogP contribution in [0.25, 0.3) is 0 Å². The topological polar surface area (TPSA) is 21.1 Å². The van der Waals surface area contributed by atoms with Gasteiger partial charge in [-0.2, -0.15) is 5.10 Å². The zero-order chi connectivity index (χ0) is 8.97. The normalized spacial score (nSPS) is 9.42. The van der Waals surface area contributed by atoms with Gasteiger partial charge < -0.3 is 4.90 Å². The second kappa shape index (κ2) is 3.82. The monoisotopic (exact) mass is 163 g/mol. The van der Waals surface area contributed by atoms with E-state index in [0.29, 0.717) is 0 Å². The van der Waals surface area contributed by atoms with Crippen LogP contribution in [0, 0.1) is 12.3 Å². The molecule has 0 spiro atoms. The molecule has 1 heterocycles. The maximum absolute atomic E-state index is 5.16. The first-order chi connectivity index (χ1) is 5.74. The molecule has 0 bridgehead atoms. The number of anilines is 1. The van der Waals surface area contributed by atoms with Gasteiger partial charge in [0.1, 0.15) is 0 Å². The number of hydrogen-bond acceptors (Lipinski definition) is 2. The Balaban J connectivity index is 2.54. The Bertz CT molecular complexity index is 282. The van der Waals surface area contributed by atoms with Gasteiger partial charge in [-0.05, 0) is 0 Å². The lowest BCUT2D eigenvalue weighted by atomic mass is 10.4. The van der Waals surface area contributed by atoms with E-state index >= 15 is 0 Å². The predicted molar refractivity (Wildman–Crippen MR) is 49.9 cm³/mol. The summed E-state index contributed by atoms with van der Waals surface area (Å²) in [6.45, 7) is 0.877. The molecular weight excluding hydrogens is 150 g/mol. The fourth-order valence-corrected chi connectivity index (χ4v) is 0.967. The van der Waals surface area contributed by atoms with Crippen molar-refractivity contribution < 1.29 is 0 Å². The first-order valence-corrected chi connectivity index (χ1v) is 3.87. The Morgan fingerprint density at radius 1 is 1.75 bits per heavy atom. The number of aryl methyl sites for hydroxylation is 1. The van der Waals surface area contributed by atoms with Crippen LogP contribution in [0.4, 0.5) is 5.69 Å². The molecule has 0 aromatic carbocycles. The lowest BCUT2D eigenvalue weighted by Gasteiger charge is -2.14. The highest BCUT2D eigenvalue weighted by molar-refractivity contribution is 5.41. The summed E-state index contributed by atoms with van der Waals surface area (Å²) in [5, 5.41) is 4.07. The number of aromatic nitrogens is 2. The van der Waals surface area contributed by atoms with Crippen molar-refractivity contribution in [3.63, 3.8) is 0 Å². The maximum Gasteiger partial charge on any atom is 0.0750 e. The van der Waals surface area contributed by atoms with E-state index in [1.165, 1.54) is 0 Å². The highest BCUT2D eigenvalue weighted by atomic mass is 15.3. The molecule has 0 atom stereocenters. The van der Waals surface area contributed by atoms with E-state index in [2.05, 4.69) is 15.9 Å². The van der Waals surface area contributed by atoms with E-state index < -0.39 is 0 Å². The molecule has 0 fully saturated rings. The summed E-state index contributed by atoms with van der Waals surface area (Å²) in [6.07, 6.45) is 9.73. The quantitative estimate of drug-likeness (QED) is 0.617. The van der Waals surface area contributed by atoms with Gasteiger partial charge in [-0.3, -0.25) is 4.68 Å². The molecule has 0 amide bonds. The number of rotatable bonds is 3. The van der Waals surface area contributed by atoms with E-state index in [0.717, 1.165) is 18.7 Å². The zero-order valence-electron chi connectivity index (χ0n) is 7.49. The smallest absolute Gasteiger partial charge is 0.0750 e. The van der Waals surface area contributed by atoms with Crippen LogP contribution in [-0.4, -0.2) is 23.4 Å². The van der Waals surface area contributed by atoms with Crippen molar-refractivity contribution in [3.8, 4) is 12.3 Å². The molecule has 0 saturated heterocycles. The van der Waals surface area contributed by atoms with Gasteiger partial charge in [0.15, 0.2) is 0 Å². The lowest BCUT2D eigenvalue weighted by molar-refractivity contribution is 0.767. The van der Waals surface area contributed by atoms with Crippen LogP contribution >= 0.6 is 0 Å². The van der Waals surface area contributed by atoms with Crippen molar-refractivity contribution in [1.29, 1.82) is 0 Å². The van der Waals surface area contributed by atoms with Crippen LogP contribution in [0.5, 0.6) is 0 Å². The number of hydrogen-bond donors (Lipinski definition) is 0. The van der Waals surface area contributed by atoms with Crippen LogP contribution < -0.4 is 4.90 Å². The van der Waals surface area contributed by atoms with Gasteiger partial charge in [-0.1, -0.05) is 0 Å². The summed E-state index contributed by atoms with van der Waals surface area (Å²) in [5.74, 6) is 2.61. The number of nitrogens with zero attached hydrogens (tertiary/aromatic N) is 3. The molecule has 0 saturated carbocycles. The summed E-state index contributed by atoms with van der Waals surface area (Å²) in [4.78, 5) is 2.09. The maximum atomic E-state index is 5.16. The van der Waals surface area contributed by atoms with Gasteiger partial charge in [0.05, 0.1) is 11.9 Å². The van der Waals surface area contributed by atoms with Gasteiger partial charge in [0.2, 0.25) is 0 Å². The summed E-state index contributed by atoms with van der Waals surface area (Å²) in [6, 6.07) is 0. The molecule has 64 valence electrons. The van der Waals surface area contributed by atoms with Gasteiger partial charge in [-0.25, -0.2) is 0 Å². The molecule has 12 heavy (non-hydrogen) atoms. The van der Waals surface area contributed by atoms with Crippen LogP contribution in [0.1, 0.15) is 6.42 Å². The zero-order valence-corrected chi connectivity index (χ0v) is 7.49. The molecule has 3 heteroatoms. The molecule has 0 aliphatic heterocycles. The van der Waals surface area contributed by atoms with Crippen LogP contribution in [-0.2, 0) is 7.05 Å². The van der Waals surface area contributed by atoms with Crippen molar-refractivity contribution in [2.75, 3.05) is 18.5 Å². The van der Waals surface area contributed by atoms with E-state index in [-0.39, 0.29) is 0 Å². The molecule has 0 radical (unpaired) electrons. The Morgan fingerprint density at radius 2 is 2.50 bits per heavy atom. The Hall–Kier alpha value is -1.43. The second-order valence-electron chi connectivity index (χ2n) is 2.75. The van der Waals surface area contributed by atoms with Crippen molar-refractivity contribution in [2.45, 2.75) is 6.42 Å². The standard InChI is InChI=1S/C9H13N3/c1-4-5-6-11(2)9-7-10-12(3)8-9/h1,7-8H,5-6H2,2-3H3. The lowest BCUT2D eigenvalue weighted by Crippen LogP contribution is -2.17. The van der Waals surface area contributed by atoms with Crippen molar-refractivity contribution in [3.05, 3.63) is 12.4 Å². The van der Waals surface area contributed by atoms with Gasteiger partial charge in [0, 0.05) is 33.3 Å². The molecule has 3 nitrogen and oxygen atoms in total. The fraction of sp³-hybridized carbons (Fsp3) is 0.444. The van der Waals surface area contributed by atoms with Crippen molar-refractivity contribution in [1.82, 2.24) is 9.78 Å². The van der Waals surface area contributed by atoms with Gasteiger partial charge >= 0.3 is 0 Å². The van der Waals surface area contributed by atoms with E-state index in [1.54, 1.807) is 4.68 Å². The molecule has 0 N–H and O–H groups in total. The minimum Gasteiger partial charge on any atom is -0.371 e. The second-order valence-corrected chi connectivity index (χ2v) is 2.75. The Labute approximate surface area is 73.0 Å². The molecule has 1 aromatic heterocycles. The third-order valence-corrected chi connectivity index (χ3v) is 1.72. The van der Waals surface area contributed by atoms with Gasteiger partial charge in [-0.15, -0.1) is 12.3 Å². The van der Waals surface area contributed by atoms with E-state index in [1.807, 2.05) is 26.5 Å². The highest BCUT2D eigenvalue weighted by Crippen LogP contribution is 2.09. The average molecular weight is 163 g/mol. The van der Waals surface area contributed by atoms with Crippen molar-refractivity contribution in [2.24, 2.45) is 7.05 Å². The highest BCUT2D eigenvalue weighted by Gasteiger charge is 2.00. The predicted octanol–water partition coefficient (Wildman–Crippen LogP) is 0.880. The molecule has 1 rings (SSSR count). The average Bonchev–Trinajstić information content (AvgIpc) is 2.47. The number of terminal acetylenes is 1. The van der Waals surface area contributed by atoms with Crippen LogP contribution in [0.15, 0.2) is 12.4 Å². The largest absolute Gasteiger partial charge is 0.371 e. The molecule has 1 aromatic rings. The minimum atomic E-state index is 0.769. The molecule has 0 aliphatic carbocycles. The summed E-state index contributed by atoms with van der Waals surface area (Å²) >= 11 is 0. The third-order valence-electron chi connectivity index (χ3n) is 1.72. The fourth-order valence-electron chi connectivity index (χ4n) is 0.967. The SMILES string of the molecule is C#CCCN(C)c1cnn(C)c1. The summed E-state index contributed by atoms with van der Waals surface area (Å²) in [5.41, 5.74) is 1.10. The summed E-state index contributed by atoms with van der Waals surface area (Å²) < 4.78 is 1.78. The van der Waals surface area contributed by atoms with Crippen LogP contribution in [0.3, 0.4) is 0 Å². The summed E-state index contributed by atoms with van der Waals surface area (Å²) in [7, 11) is 3.91. The minimum absolute atomic E-state index is 0.769. The molecule has 0 unspecified atom stereocenters. The Kier molecular flexibility index (Phi) is 2.76. The Morgan fingerprint density at radius 3 is 3.00 bits per heavy atom. The third kappa shape index (κ3) is 2.03.